The normalized spacial score (nSPS) is 11.6. The largest absolute Gasteiger partial charge is 0.377 e. The molecule has 0 radical (unpaired) electrons. The van der Waals surface area contributed by atoms with Crippen LogP contribution >= 0.6 is 0 Å². The van der Waals surface area contributed by atoms with E-state index in [1.54, 1.807) is 0 Å². The predicted octanol–water partition coefficient (Wildman–Crippen LogP) is 4.32. The van der Waals surface area contributed by atoms with Gasteiger partial charge < -0.3 is 5.32 Å². The maximum absolute atomic E-state index is 9.01. The van der Waals surface area contributed by atoms with Gasteiger partial charge >= 0.3 is 0 Å². The summed E-state index contributed by atoms with van der Waals surface area (Å²) in [4.78, 5) is 0. The number of anilines is 1. The Labute approximate surface area is 114 Å². The van der Waals surface area contributed by atoms with Crippen molar-refractivity contribution in [1.29, 1.82) is 5.26 Å². The number of nitrogens with zero attached hydrogens (tertiary/aromatic N) is 1. The van der Waals surface area contributed by atoms with Crippen molar-refractivity contribution in [3.8, 4) is 6.07 Å². The average Bonchev–Trinajstić information content (AvgIpc) is 2.48. The monoisotopic (exact) mass is 250 g/mol. The van der Waals surface area contributed by atoms with E-state index in [1.165, 1.54) is 5.56 Å². The van der Waals surface area contributed by atoms with Crippen molar-refractivity contribution < 1.29 is 0 Å². The van der Waals surface area contributed by atoms with Crippen LogP contribution in [-0.2, 0) is 6.42 Å². The Balaban J connectivity index is 2.24. The first-order valence-corrected chi connectivity index (χ1v) is 6.61. The summed E-state index contributed by atoms with van der Waals surface area (Å²) < 4.78 is 0. The Morgan fingerprint density at radius 3 is 2.42 bits per heavy atom. The molecule has 1 N–H and O–H groups in total. The van der Waals surface area contributed by atoms with Gasteiger partial charge in [0.25, 0.3) is 0 Å². The van der Waals surface area contributed by atoms with Gasteiger partial charge in [-0.1, -0.05) is 55.5 Å². The molecule has 2 heteroatoms. The van der Waals surface area contributed by atoms with Gasteiger partial charge in [0.2, 0.25) is 0 Å². The second-order valence-corrected chi connectivity index (χ2v) is 4.48. The standard InChI is InChI=1S/C17H18N2/c1-2-14-8-6-7-11-16(14)19-17(12-13-18)15-9-4-3-5-10-15/h3-11,17,19H,2,12H2,1H3. The van der Waals surface area contributed by atoms with Crippen LogP contribution in [0.1, 0.15) is 30.5 Å². The first-order chi connectivity index (χ1) is 9.35. The minimum absolute atomic E-state index is 0.0406. The maximum atomic E-state index is 9.01. The minimum atomic E-state index is 0.0406. The molecule has 0 aliphatic rings. The molecule has 0 saturated carbocycles. The third-order valence-electron chi connectivity index (χ3n) is 3.23. The van der Waals surface area contributed by atoms with E-state index >= 15 is 0 Å². The molecule has 2 aromatic rings. The lowest BCUT2D eigenvalue weighted by Crippen LogP contribution is -2.11. The van der Waals surface area contributed by atoms with Gasteiger partial charge in [-0.25, -0.2) is 0 Å². The van der Waals surface area contributed by atoms with Crippen molar-refractivity contribution in [3.05, 3.63) is 65.7 Å². The highest BCUT2D eigenvalue weighted by molar-refractivity contribution is 5.52. The molecule has 0 heterocycles. The molecular weight excluding hydrogens is 232 g/mol. The Morgan fingerprint density at radius 2 is 1.74 bits per heavy atom. The number of hydrogen-bond acceptors (Lipinski definition) is 2. The van der Waals surface area contributed by atoms with Gasteiger partial charge in [0, 0.05) is 5.69 Å². The van der Waals surface area contributed by atoms with E-state index < -0.39 is 0 Å². The number of rotatable bonds is 5. The molecule has 1 unspecified atom stereocenters. The fraction of sp³-hybridized carbons (Fsp3) is 0.235. The Kier molecular flexibility index (Phi) is 4.58. The third kappa shape index (κ3) is 3.35. The van der Waals surface area contributed by atoms with E-state index in [-0.39, 0.29) is 6.04 Å². The lowest BCUT2D eigenvalue weighted by Gasteiger charge is -2.19. The van der Waals surface area contributed by atoms with E-state index in [1.807, 2.05) is 30.3 Å². The van der Waals surface area contributed by atoms with Gasteiger partial charge in [-0.3, -0.25) is 0 Å². The molecule has 96 valence electrons. The Bertz CT molecular complexity index is 555. The second kappa shape index (κ2) is 6.61. The van der Waals surface area contributed by atoms with Gasteiger partial charge in [0.1, 0.15) is 0 Å². The summed E-state index contributed by atoms with van der Waals surface area (Å²) in [5.41, 5.74) is 3.55. The van der Waals surface area contributed by atoms with Crippen LogP contribution < -0.4 is 5.32 Å². The van der Waals surface area contributed by atoms with Crippen molar-refractivity contribution in [2.24, 2.45) is 0 Å². The van der Waals surface area contributed by atoms with E-state index in [2.05, 4.69) is 42.6 Å². The van der Waals surface area contributed by atoms with E-state index in [4.69, 9.17) is 5.26 Å². The van der Waals surface area contributed by atoms with Gasteiger partial charge in [0.05, 0.1) is 18.5 Å². The SMILES string of the molecule is CCc1ccccc1NC(CC#N)c1ccccc1. The molecule has 2 rings (SSSR count). The highest BCUT2D eigenvalue weighted by Gasteiger charge is 2.11. The molecular formula is C17H18N2. The van der Waals surface area contributed by atoms with Crippen molar-refractivity contribution >= 4 is 5.69 Å². The quantitative estimate of drug-likeness (QED) is 0.858. The van der Waals surface area contributed by atoms with Crippen molar-refractivity contribution in [2.75, 3.05) is 5.32 Å². The van der Waals surface area contributed by atoms with Crippen LogP contribution in [0.3, 0.4) is 0 Å². The summed E-state index contributed by atoms with van der Waals surface area (Å²) in [5, 5.41) is 12.5. The first-order valence-electron chi connectivity index (χ1n) is 6.61. The Hall–Kier alpha value is -2.27. The lowest BCUT2D eigenvalue weighted by atomic mass is 10.0. The topological polar surface area (TPSA) is 35.8 Å². The number of para-hydroxylation sites is 1. The zero-order chi connectivity index (χ0) is 13.5. The summed E-state index contributed by atoms with van der Waals surface area (Å²) in [7, 11) is 0. The third-order valence-corrected chi connectivity index (χ3v) is 3.23. The van der Waals surface area contributed by atoms with Crippen LogP contribution in [0, 0.1) is 11.3 Å². The van der Waals surface area contributed by atoms with Crippen LogP contribution in [0.2, 0.25) is 0 Å². The second-order valence-electron chi connectivity index (χ2n) is 4.48. The molecule has 0 fully saturated rings. The van der Waals surface area contributed by atoms with Crippen LogP contribution in [0.4, 0.5) is 5.69 Å². The Morgan fingerprint density at radius 1 is 1.05 bits per heavy atom. The van der Waals surface area contributed by atoms with Crippen LogP contribution in [0.5, 0.6) is 0 Å². The summed E-state index contributed by atoms with van der Waals surface area (Å²) in [6.07, 6.45) is 1.44. The highest BCUT2D eigenvalue weighted by atomic mass is 14.9. The molecule has 0 amide bonds. The van der Waals surface area contributed by atoms with E-state index in [0.29, 0.717) is 6.42 Å². The molecule has 1 atom stereocenters. The van der Waals surface area contributed by atoms with Crippen LogP contribution in [-0.4, -0.2) is 0 Å². The van der Waals surface area contributed by atoms with Crippen LogP contribution in [0.25, 0.3) is 0 Å². The number of nitrogens with one attached hydrogen (secondary N) is 1. The summed E-state index contributed by atoms with van der Waals surface area (Å²) in [6, 6.07) is 20.7. The fourth-order valence-electron chi connectivity index (χ4n) is 2.19. The summed E-state index contributed by atoms with van der Waals surface area (Å²) >= 11 is 0. The summed E-state index contributed by atoms with van der Waals surface area (Å²) in [6.45, 7) is 2.14. The van der Waals surface area contributed by atoms with Crippen molar-refractivity contribution in [2.45, 2.75) is 25.8 Å². The molecule has 0 bridgehead atoms. The van der Waals surface area contributed by atoms with E-state index in [0.717, 1.165) is 17.7 Å². The number of aryl methyl sites for hydroxylation is 1. The molecule has 2 aromatic carbocycles. The lowest BCUT2D eigenvalue weighted by molar-refractivity contribution is 0.803. The molecule has 19 heavy (non-hydrogen) atoms. The number of nitriles is 1. The zero-order valence-electron chi connectivity index (χ0n) is 11.1. The van der Waals surface area contributed by atoms with Crippen molar-refractivity contribution in [3.63, 3.8) is 0 Å². The predicted molar refractivity (Wildman–Crippen MR) is 78.9 cm³/mol. The molecule has 0 saturated heterocycles. The average molecular weight is 250 g/mol. The zero-order valence-corrected chi connectivity index (χ0v) is 11.1. The van der Waals surface area contributed by atoms with Crippen molar-refractivity contribution in [1.82, 2.24) is 0 Å². The van der Waals surface area contributed by atoms with Gasteiger partial charge in [-0.05, 0) is 23.6 Å². The fourth-order valence-corrected chi connectivity index (χ4v) is 2.19. The van der Waals surface area contributed by atoms with E-state index in [9.17, 15) is 0 Å². The van der Waals surface area contributed by atoms with Gasteiger partial charge in [0.15, 0.2) is 0 Å². The van der Waals surface area contributed by atoms with Gasteiger partial charge in [-0.2, -0.15) is 5.26 Å². The molecule has 0 aromatic heterocycles. The number of hydrogen-bond donors (Lipinski definition) is 1. The molecule has 0 aliphatic carbocycles. The molecule has 0 aliphatic heterocycles. The number of benzene rings is 2. The maximum Gasteiger partial charge on any atom is 0.0647 e. The summed E-state index contributed by atoms with van der Waals surface area (Å²) in [5.74, 6) is 0. The highest BCUT2D eigenvalue weighted by Crippen LogP contribution is 2.25. The smallest absolute Gasteiger partial charge is 0.0647 e. The molecule has 2 nitrogen and oxygen atoms in total. The van der Waals surface area contributed by atoms with Gasteiger partial charge in [-0.15, -0.1) is 0 Å². The first kappa shape index (κ1) is 13.2. The van der Waals surface area contributed by atoms with Crippen LogP contribution in [0.15, 0.2) is 54.6 Å². The minimum Gasteiger partial charge on any atom is -0.377 e. The molecule has 0 spiro atoms.